The fraction of sp³-hybridized carbons (Fsp3) is 0.667. The molecule has 0 nitrogen and oxygen atoms in total. The van der Waals surface area contributed by atoms with Gasteiger partial charge in [-0.1, -0.05) is 20.3 Å². The van der Waals surface area contributed by atoms with Gasteiger partial charge < -0.3 is 0 Å². The Morgan fingerprint density at radius 2 is 1.75 bits per heavy atom. The zero-order valence-corrected chi connectivity index (χ0v) is 7.16. The van der Waals surface area contributed by atoms with Gasteiger partial charge >= 0.3 is 0 Å². The van der Waals surface area contributed by atoms with Gasteiger partial charge in [0.25, 0.3) is 0 Å². The molecule has 0 rings (SSSR count). The predicted octanol–water partition coefficient (Wildman–Crippen LogP) is 1.23. The van der Waals surface area contributed by atoms with Crippen LogP contribution in [0.5, 0.6) is 0 Å². The van der Waals surface area contributed by atoms with Crippen LogP contribution < -0.4 is 0 Å². The summed E-state index contributed by atoms with van der Waals surface area (Å²) in [6, 6.07) is 0. The summed E-state index contributed by atoms with van der Waals surface area (Å²) < 4.78 is 0. The molecular formula is C3H7Cd. The van der Waals surface area contributed by atoms with Crippen molar-refractivity contribution < 1.29 is 27.3 Å². The van der Waals surface area contributed by atoms with Crippen LogP contribution in [0.3, 0.4) is 0 Å². The topological polar surface area (TPSA) is 0 Å². The molecule has 0 saturated heterocycles. The van der Waals surface area contributed by atoms with Gasteiger partial charge in [0.1, 0.15) is 0 Å². The molecule has 0 fully saturated rings. The third kappa shape index (κ3) is 12.7. The molecule has 1 heteroatoms. The maximum atomic E-state index is 3.49. The van der Waals surface area contributed by atoms with Gasteiger partial charge in [0.15, 0.2) is 0 Å². The van der Waals surface area contributed by atoms with Crippen molar-refractivity contribution in [3.63, 3.8) is 0 Å². The second kappa shape index (κ2) is 9.06. The fourth-order valence-electron chi connectivity index (χ4n) is 0. The van der Waals surface area contributed by atoms with Gasteiger partial charge in [-0.3, -0.25) is 0 Å². The van der Waals surface area contributed by atoms with E-state index in [4.69, 9.17) is 0 Å². The summed E-state index contributed by atoms with van der Waals surface area (Å²) in [6.45, 7) is 5.50. The quantitative estimate of drug-likeness (QED) is 0.462. The van der Waals surface area contributed by atoms with Crippen molar-refractivity contribution in [3.05, 3.63) is 6.92 Å². The van der Waals surface area contributed by atoms with Crippen LogP contribution in [0.15, 0.2) is 0 Å². The minimum absolute atomic E-state index is 0. The molecule has 0 heterocycles. The Hall–Kier alpha value is 0.922. The molecule has 0 bridgehead atoms. The maximum Gasteiger partial charge on any atom is 0 e. The maximum absolute atomic E-state index is 3.49. The molecule has 0 aliphatic carbocycles. The average Bonchev–Trinajstić information content (AvgIpc) is 0.918. The van der Waals surface area contributed by atoms with Gasteiger partial charge in [0.2, 0.25) is 0 Å². The van der Waals surface area contributed by atoms with Crippen LogP contribution in [0, 0.1) is 6.92 Å². The van der Waals surface area contributed by atoms with E-state index in [-0.39, 0.29) is 27.3 Å². The van der Waals surface area contributed by atoms with Crippen molar-refractivity contribution in [1.82, 2.24) is 0 Å². The van der Waals surface area contributed by atoms with Gasteiger partial charge in [-0.05, 0) is 0 Å². The van der Waals surface area contributed by atoms with Gasteiger partial charge in [-0.2, -0.15) is 0 Å². The molecule has 0 aromatic rings. The molecule has 0 atom stereocenters. The first-order valence-corrected chi connectivity index (χ1v) is 1.21. The van der Waals surface area contributed by atoms with Crippen LogP contribution in [0.1, 0.15) is 13.3 Å². The number of hydrogen-bond donors (Lipinski definition) is 0. The van der Waals surface area contributed by atoms with Crippen LogP contribution in [-0.4, -0.2) is 0 Å². The van der Waals surface area contributed by atoms with Crippen molar-refractivity contribution >= 4 is 0 Å². The first-order chi connectivity index (χ1) is 1.41. The third-order valence-electron chi connectivity index (χ3n) is 0. The molecule has 0 spiro atoms. The smallest absolute Gasteiger partial charge is 0 e. The van der Waals surface area contributed by atoms with Gasteiger partial charge in [-0.25, -0.2) is 0 Å². The fourth-order valence-corrected chi connectivity index (χ4v) is 0. The van der Waals surface area contributed by atoms with Crippen molar-refractivity contribution in [1.29, 1.82) is 0 Å². The normalized spacial score (nSPS) is 4.50. The molecule has 0 aromatic carbocycles. The van der Waals surface area contributed by atoms with E-state index >= 15 is 0 Å². The predicted molar refractivity (Wildman–Crippen MR) is 15.6 cm³/mol. The van der Waals surface area contributed by atoms with Crippen molar-refractivity contribution in [2.75, 3.05) is 0 Å². The Morgan fingerprint density at radius 3 is 1.75 bits per heavy atom. The molecule has 0 aromatic heterocycles. The average molecular weight is 156 g/mol. The van der Waals surface area contributed by atoms with Crippen LogP contribution >= 0.6 is 0 Å². The first-order valence-electron chi connectivity index (χ1n) is 1.21. The first kappa shape index (κ1) is 8.87. The van der Waals surface area contributed by atoms with Gasteiger partial charge in [0.05, 0.1) is 0 Å². The van der Waals surface area contributed by atoms with E-state index in [1.807, 2.05) is 6.92 Å². The van der Waals surface area contributed by atoms with Crippen molar-refractivity contribution in [3.8, 4) is 0 Å². The second-order valence-corrected chi connectivity index (χ2v) is 0.500. The summed E-state index contributed by atoms with van der Waals surface area (Å²) >= 11 is 0. The van der Waals surface area contributed by atoms with E-state index in [1.165, 1.54) is 0 Å². The zero-order valence-electron chi connectivity index (χ0n) is 3.12. The Bertz CT molecular complexity index is 3.25. The minimum Gasteiger partial charge on any atom is -0.0654 e. The summed E-state index contributed by atoms with van der Waals surface area (Å²) in [5.74, 6) is 0. The van der Waals surface area contributed by atoms with Crippen molar-refractivity contribution in [2.24, 2.45) is 0 Å². The SMILES string of the molecule is [CH2]CC.[Cd]. The number of rotatable bonds is 0. The molecule has 0 aliphatic rings. The van der Waals surface area contributed by atoms with Crippen LogP contribution in [0.25, 0.3) is 0 Å². The Labute approximate surface area is 47.8 Å². The van der Waals surface area contributed by atoms with E-state index < -0.39 is 0 Å². The van der Waals surface area contributed by atoms with Gasteiger partial charge in [0, 0.05) is 27.3 Å². The summed E-state index contributed by atoms with van der Waals surface area (Å²) in [4.78, 5) is 0. The van der Waals surface area contributed by atoms with E-state index in [0.717, 1.165) is 6.42 Å². The molecule has 4 heavy (non-hydrogen) atoms. The van der Waals surface area contributed by atoms with Gasteiger partial charge in [-0.15, -0.1) is 0 Å². The molecule has 21 valence electrons. The van der Waals surface area contributed by atoms with Crippen LogP contribution in [0.2, 0.25) is 0 Å². The molecule has 0 N–H and O–H groups in total. The van der Waals surface area contributed by atoms with E-state index in [1.54, 1.807) is 0 Å². The summed E-state index contributed by atoms with van der Waals surface area (Å²) in [5.41, 5.74) is 0. The standard InChI is InChI=1S/C3H7.Cd/c1-3-2;/h1,3H2,2H3;. The number of hydrogen-bond acceptors (Lipinski definition) is 0. The second-order valence-electron chi connectivity index (χ2n) is 0.500. The minimum atomic E-state index is 0. The van der Waals surface area contributed by atoms with Crippen LogP contribution in [-0.2, 0) is 27.3 Å². The summed E-state index contributed by atoms with van der Waals surface area (Å²) in [5, 5.41) is 0. The summed E-state index contributed by atoms with van der Waals surface area (Å²) in [6.07, 6.45) is 1.00. The van der Waals surface area contributed by atoms with E-state index in [9.17, 15) is 0 Å². The zero-order chi connectivity index (χ0) is 2.71. The van der Waals surface area contributed by atoms with Crippen LogP contribution in [0.4, 0.5) is 0 Å². The van der Waals surface area contributed by atoms with E-state index in [2.05, 4.69) is 6.92 Å². The molecule has 0 aliphatic heterocycles. The third-order valence-corrected chi connectivity index (χ3v) is 0. The molecule has 0 saturated carbocycles. The largest absolute Gasteiger partial charge is 0.0654 e. The Kier molecular flexibility index (Phi) is 20.1. The Morgan fingerprint density at radius 1 is 1.75 bits per heavy atom. The monoisotopic (exact) mass is 157 g/mol. The molecular weight excluding hydrogens is 148 g/mol. The molecule has 1 radical (unpaired) electrons. The van der Waals surface area contributed by atoms with E-state index in [0.29, 0.717) is 0 Å². The summed E-state index contributed by atoms with van der Waals surface area (Å²) in [7, 11) is 0. The molecule has 0 unspecified atom stereocenters. The van der Waals surface area contributed by atoms with Crippen molar-refractivity contribution in [2.45, 2.75) is 13.3 Å². The molecule has 0 amide bonds. The Balaban J connectivity index is 0.